The van der Waals surface area contributed by atoms with Gasteiger partial charge in [-0.05, 0) is 66.4 Å². The van der Waals surface area contributed by atoms with Crippen LogP contribution in [0.4, 0.5) is 27.1 Å². The second kappa shape index (κ2) is 15.3. The number of halogens is 1. The zero-order valence-corrected chi connectivity index (χ0v) is 27.2. The molecule has 6 rings (SSSR count). The normalized spacial score (nSPS) is 16.6. The molecule has 1 aliphatic heterocycles. The Morgan fingerprint density at radius 3 is 2.12 bits per heavy atom. The fourth-order valence-corrected chi connectivity index (χ4v) is 6.53. The number of hydrogen-bond acceptors (Lipinski definition) is 5. The molecule has 0 aromatic heterocycles. The molecule has 1 aliphatic carbocycles. The van der Waals surface area contributed by atoms with Crippen LogP contribution in [0.3, 0.4) is 0 Å². The molecule has 0 saturated heterocycles. The maximum absolute atomic E-state index is 14.4. The Morgan fingerprint density at radius 1 is 0.776 bits per heavy atom. The number of amides is 4. The molecule has 4 amide bonds. The summed E-state index contributed by atoms with van der Waals surface area (Å²) in [6.45, 7) is 0.358. The highest BCUT2D eigenvalue weighted by Crippen LogP contribution is 2.40. The Hall–Kier alpha value is -5.35. The van der Waals surface area contributed by atoms with Crippen molar-refractivity contribution in [3.63, 3.8) is 0 Å². The van der Waals surface area contributed by atoms with Gasteiger partial charge in [0.05, 0.1) is 17.9 Å². The Labute approximate surface area is 285 Å². The topological polar surface area (TPSA) is 125 Å². The number of carbonyl (C=O) groups excluding carboxylic acids is 4. The predicted octanol–water partition coefficient (Wildman–Crippen LogP) is 6.34. The molecule has 4 aromatic rings. The van der Waals surface area contributed by atoms with Crippen LogP contribution in [0.2, 0.25) is 0 Å². The van der Waals surface area contributed by atoms with Gasteiger partial charge in [0.1, 0.15) is 11.7 Å². The third kappa shape index (κ3) is 7.70. The first-order valence-electron chi connectivity index (χ1n) is 16.8. The molecule has 4 aromatic carbocycles. The molecule has 1 unspecified atom stereocenters. The summed E-state index contributed by atoms with van der Waals surface area (Å²) in [7, 11) is 0. The van der Waals surface area contributed by atoms with Crippen LogP contribution in [-0.2, 0) is 38.8 Å². The van der Waals surface area contributed by atoms with Crippen LogP contribution in [-0.4, -0.2) is 23.6 Å². The number of anilines is 4. The smallest absolute Gasteiger partial charge is 0.244 e. The fourth-order valence-electron chi connectivity index (χ4n) is 6.53. The molecule has 9 nitrogen and oxygen atoms in total. The van der Waals surface area contributed by atoms with E-state index >= 15 is 0 Å². The number of rotatable bonds is 10. The summed E-state index contributed by atoms with van der Waals surface area (Å²) in [4.78, 5) is 57.9. The molecule has 10 heteroatoms. The maximum atomic E-state index is 14.4. The van der Waals surface area contributed by atoms with Gasteiger partial charge in [0.2, 0.25) is 23.6 Å². The molecule has 1 heterocycles. The largest absolute Gasteiger partial charge is 0.352 e. The Morgan fingerprint density at radius 2 is 1.43 bits per heavy atom. The van der Waals surface area contributed by atoms with E-state index in [1.807, 2.05) is 36.4 Å². The highest BCUT2D eigenvalue weighted by Gasteiger charge is 2.42. The first-order valence-corrected chi connectivity index (χ1v) is 16.8. The molecule has 1 atom stereocenters. The van der Waals surface area contributed by atoms with E-state index in [4.69, 9.17) is 5.73 Å². The van der Waals surface area contributed by atoms with Crippen molar-refractivity contribution in [3.8, 4) is 0 Å². The summed E-state index contributed by atoms with van der Waals surface area (Å²) in [5.41, 5.74) is 9.96. The lowest BCUT2D eigenvalue weighted by atomic mass is 9.88. The summed E-state index contributed by atoms with van der Waals surface area (Å²) in [6, 6.07) is 27.7. The number of nitrogens with one attached hydrogen (secondary N) is 2. The molecule has 0 radical (unpaired) electrons. The molecular formula is C39H40FN5O4. The number of benzene rings is 4. The summed E-state index contributed by atoms with van der Waals surface area (Å²) in [5.74, 6) is -3.42. The average Bonchev–Trinajstić information content (AvgIpc) is 3.21. The number of carbonyl (C=O) groups is 4. The van der Waals surface area contributed by atoms with Gasteiger partial charge in [0.15, 0.2) is 0 Å². The van der Waals surface area contributed by atoms with Crippen LogP contribution in [0.25, 0.3) is 0 Å². The molecule has 4 N–H and O–H groups in total. The van der Waals surface area contributed by atoms with E-state index in [-0.39, 0.29) is 24.9 Å². The van der Waals surface area contributed by atoms with Crippen LogP contribution < -0.4 is 26.2 Å². The minimum Gasteiger partial charge on any atom is -0.352 e. The standard InChI is InChI=1S/C39H40FN5O4/c40-33-11-5-4-10-29(33)24-42-36(46)22-32-38(48)44(25-27-14-18-30(19-15-27)43-37(47)28-8-2-1-3-9-28)34-12-6-7-13-35(34)45(39(32)49)31-20-16-26(23-41)17-21-31/h4-7,10-21,28,32H,1-3,8-9,22-25,41H2,(H,42,46)(H,43,47). The molecule has 1 fully saturated rings. The van der Waals surface area contributed by atoms with E-state index in [9.17, 15) is 23.6 Å². The van der Waals surface area contributed by atoms with E-state index in [0.29, 0.717) is 34.9 Å². The molecule has 0 spiro atoms. The van der Waals surface area contributed by atoms with Gasteiger partial charge in [-0.15, -0.1) is 0 Å². The van der Waals surface area contributed by atoms with Gasteiger partial charge in [-0.25, -0.2) is 4.39 Å². The number of nitrogens with zero attached hydrogens (tertiary/aromatic N) is 2. The first-order chi connectivity index (χ1) is 23.8. The van der Waals surface area contributed by atoms with Gasteiger partial charge >= 0.3 is 0 Å². The zero-order chi connectivity index (χ0) is 34.3. The third-order valence-electron chi connectivity index (χ3n) is 9.29. The van der Waals surface area contributed by atoms with Crippen molar-refractivity contribution in [2.75, 3.05) is 15.1 Å². The maximum Gasteiger partial charge on any atom is 0.244 e. The highest BCUT2D eigenvalue weighted by molar-refractivity contribution is 6.21. The lowest BCUT2D eigenvalue weighted by molar-refractivity contribution is -0.136. The van der Waals surface area contributed by atoms with Crippen LogP contribution >= 0.6 is 0 Å². The third-order valence-corrected chi connectivity index (χ3v) is 9.29. The quantitative estimate of drug-likeness (QED) is 0.171. The molecule has 0 bridgehead atoms. The molecule has 49 heavy (non-hydrogen) atoms. The Kier molecular flexibility index (Phi) is 10.4. The molecule has 1 saturated carbocycles. The highest BCUT2D eigenvalue weighted by atomic mass is 19.1. The molecular weight excluding hydrogens is 621 g/mol. The minimum absolute atomic E-state index is 0.0208. The van der Waals surface area contributed by atoms with Gasteiger partial charge in [-0.2, -0.15) is 0 Å². The fraction of sp³-hybridized carbons (Fsp3) is 0.282. The monoisotopic (exact) mass is 661 g/mol. The second-order valence-electron chi connectivity index (χ2n) is 12.6. The lowest BCUT2D eigenvalue weighted by Crippen LogP contribution is -2.43. The van der Waals surface area contributed by atoms with Gasteiger partial charge in [0.25, 0.3) is 0 Å². The number of fused-ring (bicyclic) bond motifs is 1. The average molecular weight is 662 g/mol. The summed E-state index contributed by atoms with van der Waals surface area (Å²) in [6.07, 6.45) is 4.66. The predicted molar refractivity (Wildman–Crippen MR) is 187 cm³/mol. The summed E-state index contributed by atoms with van der Waals surface area (Å²) >= 11 is 0. The van der Waals surface area contributed by atoms with Crippen LogP contribution in [0.1, 0.15) is 55.2 Å². The van der Waals surface area contributed by atoms with Gasteiger partial charge in [0, 0.05) is 42.4 Å². The van der Waals surface area contributed by atoms with Crippen LogP contribution in [0.15, 0.2) is 97.1 Å². The van der Waals surface area contributed by atoms with E-state index in [0.717, 1.165) is 36.8 Å². The van der Waals surface area contributed by atoms with E-state index in [1.165, 1.54) is 22.3 Å². The van der Waals surface area contributed by atoms with E-state index in [1.54, 1.807) is 54.6 Å². The van der Waals surface area contributed by atoms with Crippen LogP contribution in [0, 0.1) is 17.7 Å². The number of para-hydroxylation sites is 2. The van der Waals surface area contributed by atoms with Crippen molar-refractivity contribution in [3.05, 3.63) is 120 Å². The second-order valence-corrected chi connectivity index (χ2v) is 12.6. The van der Waals surface area contributed by atoms with E-state index < -0.39 is 35.9 Å². The van der Waals surface area contributed by atoms with Crippen molar-refractivity contribution in [1.29, 1.82) is 0 Å². The van der Waals surface area contributed by atoms with Crippen molar-refractivity contribution in [2.45, 2.75) is 58.2 Å². The molecule has 252 valence electrons. The van der Waals surface area contributed by atoms with Crippen molar-refractivity contribution in [2.24, 2.45) is 17.6 Å². The van der Waals surface area contributed by atoms with Crippen molar-refractivity contribution < 1.29 is 23.6 Å². The zero-order valence-electron chi connectivity index (χ0n) is 27.2. The van der Waals surface area contributed by atoms with Crippen LogP contribution in [0.5, 0.6) is 0 Å². The number of hydrogen-bond donors (Lipinski definition) is 3. The van der Waals surface area contributed by atoms with Gasteiger partial charge in [-0.1, -0.05) is 73.9 Å². The lowest BCUT2D eigenvalue weighted by Gasteiger charge is -2.26. The Bertz CT molecular complexity index is 1820. The summed E-state index contributed by atoms with van der Waals surface area (Å²) in [5, 5.41) is 5.70. The Balaban J connectivity index is 1.29. The van der Waals surface area contributed by atoms with Crippen molar-refractivity contribution >= 4 is 46.4 Å². The summed E-state index contributed by atoms with van der Waals surface area (Å²) < 4.78 is 14.3. The van der Waals surface area contributed by atoms with E-state index in [2.05, 4.69) is 10.6 Å². The minimum atomic E-state index is -1.36. The van der Waals surface area contributed by atoms with Crippen molar-refractivity contribution in [1.82, 2.24) is 5.32 Å². The number of nitrogens with two attached hydrogens (primary N) is 1. The van der Waals surface area contributed by atoms with Gasteiger partial charge < -0.3 is 21.3 Å². The SMILES string of the molecule is NCc1ccc(N2C(=O)C(CC(=O)NCc3ccccc3F)C(=O)N(Cc3ccc(NC(=O)C4CCCCC4)cc3)c3ccccc32)cc1. The molecule has 2 aliphatic rings. The van der Waals surface area contributed by atoms with Gasteiger partial charge in [-0.3, -0.25) is 24.1 Å². The first kappa shape index (κ1) is 33.5.